The van der Waals surface area contributed by atoms with Gasteiger partial charge in [-0.3, -0.25) is 0 Å². The largest absolute Gasteiger partial charge is 0.456 e. The van der Waals surface area contributed by atoms with E-state index in [1.807, 2.05) is 24.3 Å². The van der Waals surface area contributed by atoms with Crippen LogP contribution >= 0.6 is 0 Å². The van der Waals surface area contributed by atoms with Crippen LogP contribution in [-0.2, 0) is 0 Å². The fourth-order valence-electron chi connectivity index (χ4n) is 9.72. The summed E-state index contributed by atoms with van der Waals surface area (Å²) < 4.78 is 6.37. The quantitative estimate of drug-likeness (QED) is 0.168. The third-order valence-corrected chi connectivity index (χ3v) is 12.4. The summed E-state index contributed by atoms with van der Waals surface area (Å²) in [5.41, 5.74) is 8.74. The van der Waals surface area contributed by atoms with Gasteiger partial charge in [0.05, 0.1) is 11.4 Å². The molecular formula is C56H32N2O. The SMILES string of the molecule is c1ccc(-c2ccc(-c3nc(-c4cc5ccc6cccc7c8cccc9ccc%10cccc(c(c4)c5c67)c%10c98)cc(-c4cccc5oc6ccccc6c45)n3)cc2)cc1. The van der Waals surface area contributed by atoms with Crippen molar-refractivity contribution in [3.8, 4) is 45.0 Å². The fourth-order valence-corrected chi connectivity index (χ4v) is 9.72. The highest BCUT2D eigenvalue weighted by Gasteiger charge is 2.20. The van der Waals surface area contributed by atoms with E-state index in [1.54, 1.807) is 0 Å². The molecule has 2 heterocycles. The number of nitrogens with zero attached hydrogens (tertiary/aromatic N) is 2. The highest BCUT2D eigenvalue weighted by atomic mass is 16.3. The maximum absolute atomic E-state index is 6.37. The summed E-state index contributed by atoms with van der Waals surface area (Å²) in [7, 11) is 0. The number of rotatable bonds is 4. The summed E-state index contributed by atoms with van der Waals surface area (Å²) in [5, 5.41) is 17.1. The smallest absolute Gasteiger partial charge is 0.160 e. The molecule has 0 saturated heterocycles. The van der Waals surface area contributed by atoms with Crippen LogP contribution in [0.1, 0.15) is 0 Å². The lowest BCUT2D eigenvalue weighted by Crippen LogP contribution is -1.97. The first-order valence-corrected chi connectivity index (χ1v) is 20.1. The van der Waals surface area contributed by atoms with Gasteiger partial charge in [-0.2, -0.15) is 0 Å². The summed E-state index contributed by atoms with van der Waals surface area (Å²) in [6, 6.07) is 69.8. The Bertz CT molecular complexity index is 3820. The van der Waals surface area contributed by atoms with E-state index in [0.29, 0.717) is 5.82 Å². The van der Waals surface area contributed by atoms with E-state index in [4.69, 9.17) is 14.4 Å². The van der Waals surface area contributed by atoms with E-state index in [9.17, 15) is 0 Å². The van der Waals surface area contributed by atoms with Gasteiger partial charge in [-0.05, 0) is 106 Å². The van der Waals surface area contributed by atoms with Gasteiger partial charge in [-0.25, -0.2) is 9.97 Å². The Kier molecular flexibility index (Phi) is 6.72. The molecule has 0 aliphatic rings. The molecule has 0 bridgehead atoms. The van der Waals surface area contributed by atoms with Crippen LogP contribution in [0.4, 0.5) is 0 Å². The molecule has 2 aromatic heterocycles. The third-order valence-electron chi connectivity index (χ3n) is 12.4. The van der Waals surface area contributed by atoms with Crippen LogP contribution in [0.5, 0.6) is 0 Å². The molecule has 0 atom stereocenters. The molecule has 0 amide bonds. The molecule has 11 aromatic carbocycles. The first-order valence-electron chi connectivity index (χ1n) is 20.1. The van der Waals surface area contributed by atoms with Crippen molar-refractivity contribution in [2.75, 3.05) is 0 Å². The summed E-state index contributed by atoms with van der Waals surface area (Å²) in [6.45, 7) is 0. The second-order valence-electron chi connectivity index (χ2n) is 15.6. The van der Waals surface area contributed by atoms with Gasteiger partial charge in [-0.15, -0.1) is 0 Å². The number of fused-ring (bicyclic) bond motifs is 5. The standard InChI is InChI=1S/C56H32N2O/c1-2-10-33(11-3-1)34-22-27-38(28-23-34)56-57-47(32-48(58-56)44-19-9-21-50-55(44)45-15-4-5-20-49(45)59-50)40-30-39-29-26-37-13-7-17-42-41-16-6-12-35-24-25-36-14-8-18-43(53(36)51(35)41)46(31-40)54(39)52(37)42/h1-32H. The molecule has 0 radical (unpaired) electrons. The number of aromatic nitrogens is 2. The molecule has 0 fully saturated rings. The van der Waals surface area contributed by atoms with Crippen molar-refractivity contribution in [2.45, 2.75) is 0 Å². The molecule has 0 aliphatic heterocycles. The second kappa shape index (κ2) is 12.3. The average Bonchev–Trinajstić information content (AvgIpc) is 3.69. The van der Waals surface area contributed by atoms with Crippen LogP contribution in [-0.4, -0.2) is 9.97 Å². The van der Waals surface area contributed by atoms with E-state index in [-0.39, 0.29) is 0 Å². The average molecular weight is 749 g/mol. The van der Waals surface area contributed by atoms with Crippen molar-refractivity contribution in [3.63, 3.8) is 0 Å². The van der Waals surface area contributed by atoms with Gasteiger partial charge in [0.2, 0.25) is 0 Å². The highest BCUT2D eigenvalue weighted by Crippen LogP contribution is 2.45. The zero-order valence-corrected chi connectivity index (χ0v) is 31.8. The summed E-state index contributed by atoms with van der Waals surface area (Å²) in [5.74, 6) is 0.672. The third kappa shape index (κ3) is 4.82. The van der Waals surface area contributed by atoms with E-state index in [0.717, 1.165) is 55.6 Å². The Balaban J connectivity index is 1.13. The van der Waals surface area contributed by atoms with Crippen molar-refractivity contribution >= 4 is 86.6 Å². The first kappa shape index (κ1) is 32.2. The summed E-state index contributed by atoms with van der Waals surface area (Å²) in [4.78, 5) is 10.8. The minimum absolute atomic E-state index is 0.672. The molecule has 0 N–H and O–H groups in total. The van der Waals surface area contributed by atoms with Crippen LogP contribution in [0.25, 0.3) is 132 Å². The Morgan fingerprint density at radius 1 is 0.288 bits per heavy atom. The first-order chi connectivity index (χ1) is 29.2. The van der Waals surface area contributed by atoms with Crippen molar-refractivity contribution in [1.29, 1.82) is 0 Å². The molecule has 3 nitrogen and oxygen atoms in total. The fraction of sp³-hybridized carbons (Fsp3) is 0. The zero-order valence-electron chi connectivity index (χ0n) is 31.8. The van der Waals surface area contributed by atoms with Gasteiger partial charge in [0.25, 0.3) is 0 Å². The van der Waals surface area contributed by atoms with E-state index < -0.39 is 0 Å². The second-order valence-corrected chi connectivity index (χ2v) is 15.6. The van der Waals surface area contributed by atoms with Crippen LogP contribution in [0.3, 0.4) is 0 Å². The molecule has 0 spiro atoms. The molecule has 59 heavy (non-hydrogen) atoms. The van der Waals surface area contributed by atoms with Gasteiger partial charge in [-0.1, -0.05) is 164 Å². The van der Waals surface area contributed by atoms with Gasteiger partial charge in [0.15, 0.2) is 5.82 Å². The maximum atomic E-state index is 6.37. The number of para-hydroxylation sites is 1. The molecule has 13 rings (SSSR count). The minimum atomic E-state index is 0.672. The summed E-state index contributed by atoms with van der Waals surface area (Å²) in [6.07, 6.45) is 0. The van der Waals surface area contributed by atoms with Gasteiger partial charge in [0, 0.05) is 27.5 Å². The van der Waals surface area contributed by atoms with Crippen molar-refractivity contribution in [1.82, 2.24) is 9.97 Å². The predicted molar refractivity (Wildman–Crippen MR) is 247 cm³/mol. The maximum Gasteiger partial charge on any atom is 0.160 e. The van der Waals surface area contributed by atoms with Crippen LogP contribution in [0.2, 0.25) is 0 Å². The Morgan fingerprint density at radius 3 is 1.53 bits per heavy atom. The summed E-state index contributed by atoms with van der Waals surface area (Å²) >= 11 is 0. The van der Waals surface area contributed by atoms with Crippen LogP contribution in [0, 0.1) is 0 Å². The molecular weight excluding hydrogens is 717 g/mol. The van der Waals surface area contributed by atoms with Gasteiger partial charge >= 0.3 is 0 Å². The lowest BCUT2D eigenvalue weighted by molar-refractivity contribution is 0.669. The number of hydrogen-bond acceptors (Lipinski definition) is 3. The van der Waals surface area contributed by atoms with E-state index in [1.165, 1.54) is 70.2 Å². The van der Waals surface area contributed by atoms with Gasteiger partial charge in [0.1, 0.15) is 11.2 Å². The Morgan fingerprint density at radius 2 is 0.814 bits per heavy atom. The molecule has 0 aliphatic carbocycles. The topological polar surface area (TPSA) is 38.9 Å². The highest BCUT2D eigenvalue weighted by molar-refractivity contribution is 6.37. The normalized spacial score (nSPS) is 12.1. The van der Waals surface area contributed by atoms with E-state index >= 15 is 0 Å². The van der Waals surface area contributed by atoms with Crippen LogP contribution in [0.15, 0.2) is 199 Å². The van der Waals surface area contributed by atoms with Crippen molar-refractivity contribution < 1.29 is 4.42 Å². The molecule has 3 heteroatoms. The lowest BCUT2D eigenvalue weighted by atomic mass is 9.87. The number of furan rings is 1. The number of benzene rings is 10. The van der Waals surface area contributed by atoms with Crippen molar-refractivity contribution in [2.24, 2.45) is 0 Å². The van der Waals surface area contributed by atoms with Gasteiger partial charge < -0.3 is 4.42 Å². The number of hydrogen-bond donors (Lipinski definition) is 0. The molecule has 0 saturated carbocycles. The Hall–Kier alpha value is -7.88. The minimum Gasteiger partial charge on any atom is -0.456 e. The molecule has 272 valence electrons. The van der Waals surface area contributed by atoms with Crippen LogP contribution < -0.4 is 0 Å². The van der Waals surface area contributed by atoms with E-state index in [2.05, 4.69) is 170 Å². The Labute approximate surface area is 338 Å². The molecule has 13 aromatic rings. The zero-order chi connectivity index (χ0) is 38.6. The van der Waals surface area contributed by atoms with Crippen molar-refractivity contribution in [3.05, 3.63) is 194 Å². The molecule has 0 unspecified atom stereocenters. The lowest BCUT2D eigenvalue weighted by Gasteiger charge is -2.17. The monoisotopic (exact) mass is 748 g/mol. The predicted octanol–water partition coefficient (Wildman–Crippen LogP) is 15.4.